The minimum Gasteiger partial charge on any atom is -0.457 e. The Morgan fingerprint density at radius 1 is 1.22 bits per heavy atom. The van der Waals surface area contributed by atoms with Crippen LogP contribution in [0, 0.1) is 5.92 Å². The Bertz CT molecular complexity index is 593. The molecule has 1 aromatic carbocycles. The third-order valence-electron chi connectivity index (χ3n) is 4.91. The van der Waals surface area contributed by atoms with Gasteiger partial charge in [0.1, 0.15) is 6.10 Å². The molecule has 0 heterocycles. The van der Waals surface area contributed by atoms with Gasteiger partial charge in [-0.2, -0.15) is 5.06 Å². The quantitative estimate of drug-likeness (QED) is 0.248. The predicted octanol–water partition coefficient (Wildman–Crippen LogP) is 5.32. The molecule has 0 aliphatic heterocycles. The van der Waals surface area contributed by atoms with Crippen molar-refractivity contribution in [1.82, 2.24) is 5.06 Å². The van der Waals surface area contributed by atoms with Gasteiger partial charge >= 0.3 is 5.97 Å². The summed E-state index contributed by atoms with van der Waals surface area (Å²) in [6.45, 7) is 12.7. The first-order chi connectivity index (χ1) is 12.8. The zero-order valence-electron chi connectivity index (χ0n) is 17.3. The number of carbonyl (C=O) groups is 1. The Balaban J connectivity index is 2.36. The molecule has 0 spiro atoms. The van der Waals surface area contributed by atoms with E-state index in [0.29, 0.717) is 12.5 Å². The number of nitrogens with zero attached hydrogens (tertiary/aromatic N) is 1. The topological polar surface area (TPSA) is 38.8 Å². The van der Waals surface area contributed by atoms with Crippen molar-refractivity contribution in [2.75, 3.05) is 0 Å². The SMILES string of the molecule is C=C[C@H](OC(C)=O)[C@H](C1CCCCC1)N(Cc1ccccc1)O[Si](C)(C)C. The zero-order valence-corrected chi connectivity index (χ0v) is 18.3. The van der Waals surface area contributed by atoms with Crippen molar-refractivity contribution < 1.29 is 14.1 Å². The third-order valence-corrected chi connectivity index (χ3v) is 5.69. The van der Waals surface area contributed by atoms with Crippen molar-refractivity contribution >= 4 is 14.3 Å². The molecule has 0 bridgehead atoms. The Morgan fingerprint density at radius 3 is 2.37 bits per heavy atom. The van der Waals surface area contributed by atoms with Gasteiger partial charge in [-0.3, -0.25) is 4.79 Å². The molecule has 1 aliphatic carbocycles. The van der Waals surface area contributed by atoms with Gasteiger partial charge < -0.3 is 9.26 Å². The fourth-order valence-electron chi connectivity index (χ4n) is 3.91. The molecule has 0 aromatic heterocycles. The molecule has 0 amide bonds. The van der Waals surface area contributed by atoms with E-state index in [1.165, 1.54) is 31.7 Å². The maximum atomic E-state index is 11.7. The van der Waals surface area contributed by atoms with Crippen molar-refractivity contribution in [3.05, 3.63) is 48.6 Å². The summed E-state index contributed by atoms with van der Waals surface area (Å²) in [6, 6.07) is 10.3. The summed E-state index contributed by atoms with van der Waals surface area (Å²) in [5.41, 5.74) is 1.20. The van der Waals surface area contributed by atoms with Gasteiger partial charge in [-0.15, -0.1) is 0 Å². The van der Waals surface area contributed by atoms with Gasteiger partial charge in [0.15, 0.2) is 0 Å². The fraction of sp³-hybridized carbons (Fsp3) is 0.591. The van der Waals surface area contributed by atoms with E-state index in [-0.39, 0.29) is 18.1 Å². The summed E-state index contributed by atoms with van der Waals surface area (Å²) < 4.78 is 12.2. The molecule has 1 fully saturated rings. The highest BCUT2D eigenvalue weighted by Crippen LogP contribution is 2.33. The van der Waals surface area contributed by atoms with Crippen LogP contribution < -0.4 is 0 Å². The molecule has 2 rings (SSSR count). The van der Waals surface area contributed by atoms with Crippen LogP contribution in [-0.2, 0) is 20.6 Å². The van der Waals surface area contributed by atoms with Crippen LogP contribution in [0.25, 0.3) is 0 Å². The van der Waals surface area contributed by atoms with E-state index in [1.807, 2.05) is 6.07 Å². The largest absolute Gasteiger partial charge is 0.457 e. The first-order valence-corrected chi connectivity index (χ1v) is 13.5. The van der Waals surface area contributed by atoms with E-state index in [4.69, 9.17) is 9.26 Å². The van der Waals surface area contributed by atoms with Crippen molar-refractivity contribution in [3.8, 4) is 0 Å². The minimum atomic E-state index is -1.85. The van der Waals surface area contributed by atoms with Crippen LogP contribution in [0.1, 0.15) is 44.6 Å². The molecule has 27 heavy (non-hydrogen) atoms. The number of benzene rings is 1. The smallest absolute Gasteiger partial charge is 0.303 e. The first kappa shape index (κ1) is 21.9. The highest BCUT2D eigenvalue weighted by atomic mass is 28.4. The second kappa shape index (κ2) is 10.2. The van der Waals surface area contributed by atoms with Gasteiger partial charge in [0.25, 0.3) is 0 Å². The number of hydrogen-bond acceptors (Lipinski definition) is 4. The summed E-state index contributed by atoms with van der Waals surface area (Å²) in [5, 5.41) is 2.10. The van der Waals surface area contributed by atoms with Crippen LogP contribution in [0.3, 0.4) is 0 Å². The molecule has 1 saturated carbocycles. The maximum absolute atomic E-state index is 11.7. The number of carbonyl (C=O) groups excluding carboxylic acids is 1. The van der Waals surface area contributed by atoms with Gasteiger partial charge in [0.05, 0.1) is 6.04 Å². The van der Waals surface area contributed by atoms with E-state index >= 15 is 0 Å². The average Bonchev–Trinajstić information content (AvgIpc) is 2.61. The van der Waals surface area contributed by atoms with E-state index in [0.717, 1.165) is 12.8 Å². The monoisotopic (exact) mass is 389 g/mol. The lowest BCUT2D eigenvalue weighted by Crippen LogP contribution is -2.52. The van der Waals surface area contributed by atoms with Gasteiger partial charge in [-0.1, -0.05) is 56.2 Å². The normalized spacial score (nSPS) is 18.1. The summed E-state index contributed by atoms with van der Waals surface area (Å²) in [6.07, 6.45) is 7.39. The molecule has 0 unspecified atom stereocenters. The second-order valence-electron chi connectivity index (χ2n) is 8.46. The average molecular weight is 390 g/mol. The molecule has 150 valence electrons. The van der Waals surface area contributed by atoms with Gasteiger partial charge in [-0.25, -0.2) is 0 Å². The van der Waals surface area contributed by atoms with Gasteiger partial charge in [0.2, 0.25) is 8.32 Å². The van der Waals surface area contributed by atoms with Gasteiger partial charge in [0, 0.05) is 13.5 Å². The summed E-state index contributed by atoms with van der Waals surface area (Å²) in [5.74, 6) is 0.162. The van der Waals surface area contributed by atoms with E-state index < -0.39 is 8.32 Å². The molecule has 1 aliphatic rings. The van der Waals surface area contributed by atoms with Crippen molar-refractivity contribution in [2.45, 2.75) is 77.4 Å². The standard InChI is InChI=1S/C22H35NO3Si/c1-6-21(25-18(2)24)22(20-15-11-8-12-16-20)23(26-27(3,4)5)17-19-13-9-7-10-14-19/h6-7,9-10,13-14,20-22H,1,8,11-12,15-17H2,2-5H3/t21-,22-/m0/s1. The van der Waals surface area contributed by atoms with Crippen LogP contribution in [-0.4, -0.2) is 31.5 Å². The lowest BCUT2D eigenvalue weighted by Gasteiger charge is -2.43. The number of rotatable bonds is 9. The zero-order chi connectivity index (χ0) is 19.9. The van der Waals surface area contributed by atoms with Crippen molar-refractivity contribution in [1.29, 1.82) is 0 Å². The van der Waals surface area contributed by atoms with E-state index in [9.17, 15) is 4.79 Å². The highest BCUT2D eigenvalue weighted by molar-refractivity contribution is 6.69. The van der Waals surface area contributed by atoms with Crippen LogP contribution >= 0.6 is 0 Å². The van der Waals surface area contributed by atoms with Crippen molar-refractivity contribution in [2.24, 2.45) is 5.92 Å². The predicted molar refractivity (Wildman–Crippen MR) is 113 cm³/mol. The Labute approximate surface area is 165 Å². The third kappa shape index (κ3) is 7.24. The molecule has 2 atom stereocenters. The summed E-state index contributed by atoms with van der Waals surface area (Å²) in [7, 11) is -1.85. The Hall–Kier alpha value is -1.43. The van der Waals surface area contributed by atoms with E-state index in [1.54, 1.807) is 6.08 Å². The van der Waals surface area contributed by atoms with Gasteiger partial charge in [-0.05, 0) is 50.0 Å². The van der Waals surface area contributed by atoms with Crippen molar-refractivity contribution in [3.63, 3.8) is 0 Å². The molecular formula is C22H35NO3Si. The van der Waals surface area contributed by atoms with E-state index in [2.05, 4.69) is 55.5 Å². The molecular weight excluding hydrogens is 354 g/mol. The van der Waals surface area contributed by atoms with Crippen LogP contribution in [0.2, 0.25) is 19.6 Å². The molecule has 4 nitrogen and oxygen atoms in total. The maximum Gasteiger partial charge on any atom is 0.303 e. The molecule has 5 heteroatoms. The number of hydroxylamine groups is 2. The Morgan fingerprint density at radius 2 is 1.85 bits per heavy atom. The lowest BCUT2D eigenvalue weighted by atomic mass is 9.81. The summed E-state index contributed by atoms with van der Waals surface area (Å²) in [4.78, 5) is 11.7. The minimum absolute atomic E-state index is 0.0152. The first-order valence-electron chi connectivity index (χ1n) is 10.1. The fourth-order valence-corrected chi connectivity index (χ4v) is 4.80. The summed E-state index contributed by atoms with van der Waals surface area (Å²) >= 11 is 0. The van der Waals surface area contributed by atoms with Crippen LogP contribution in [0.4, 0.5) is 0 Å². The molecule has 0 N–H and O–H groups in total. The number of esters is 1. The second-order valence-corrected chi connectivity index (χ2v) is 12.9. The molecule has 0 saturated heterocycles. The number of hydrogen-bond donors (Lipinski definition) is 0. The van der Waals surface area contributed by atoms with Crippen LogP contribution in [0.5, 0.6) is 0 Å². The number of ether oxygens (including phenoxy) is 1. The lowest BCUT2D eigenvalue weighted by molar-refractivity contribution is -0.175. The highest BCUT2D eigenvalue weighted by Gasteiger charge is 2.38. The van der Waals surface area contributed by atoms with Crippen LogP contribution in [0.15, 0.2) is 43.0 Å². The Kier molecular flexibility index (Phi) is 8.26. The molecule has 1 aromatic rings. The molecule has 0 radical (unpaired) electrons.